The third kappa shape index (κ3) is 4.13. The average molecular weight is 408 g/mol. The molecule has 1 aromatic carbocycles. The van der Waals surface area contributed by atoms with Crippen molar-refractivity contribution in [3.63, 3.8) is 0 Å². The average Bonchev–Trinajstić information content (AvgIpc) is 2.76. The Morgan fingerprint density at radius 1 is 1.07 bits per heavy atom. The highest BCUT2D eigenvalue weighted by molar-refractivity contribution is 5.48. The molecule has 2 heterocycles. The van der Waals surface area contributed by atoms with Gasteiger partial charge in [-0.2, -0.15) is 0 Å². The molecule has 2 aliphatic rings. The molecule has 1 aromatic heterocycles. The lowest BCUT2D eigenvalue weighted by Crippen LogP contribution is -2.45. The first-order valence-corrected chi connectivity index (χ1v) is 11.5. The Bertz CT molecular complexity index is 862. The first-order valence-electron chi connectivity index (χ1n) is 11.5. The Hall–Kier alpha value is -1.91. The molecule has 2 unspecified atom stereocenters. The molecule has 0 radical (unpaired) electrons. The first-order chi connectivity index (χ1) is 14.3. The largest absolute Gasteiger partial charge is 0.395 e. The van der Waals surface area contributed by atoms with Gasteiger partial charge in [-0.15, -0.1) is 0 Å². The van der Waals surface area contributed by atoms with Crippen molar-refractivity contribution in [2.24, 2.45) is 0 Å². The molecular weight excluding hydrogens is 370 g/mol. The van der Waals surface area contributed by atoms with Crippen LogP contribution >= 0.6 is 0 Å². The van der Waals surface area contributed by atoms with Gasteiger partial charge in [0.1, 0.15) is 5.82 Å². The van der Waals surface area contributed by atoms with E-state index in [0.29, 0.717) is 12.6 Å². The first kappa shape index (κ1) is 21.3. The van der Waals surface area contributed by atoms with Crippen molar-refractivity contribution in [3.8, 4) is 0 Å². The lowest BCUT2D eigenvalue weighted by Gasteiger charge is -2.44. The van der Waals surface area contributed by atoms with Gasteiger partial charge in [-0.3, -0.25) is 0 Å². The normalized spacial score (nSPS) is 25.0. The van der Waals surface area contributed by atoms with Gasteiger partial charge in [0.15, 0.2) is 0 Å². The zero-order chi connectivity index (χ0) is 21.4. The van der Waals surface area contributed by atoms with E-state index in [-0.39, 0.29) is 23.5 Å². The van der Waals surface area contributed by atoms with Crippen LogP contribution in [0.15, 0.2) is 42.6 Å². The minimum Gasteiger partial charge on any atom is -0.395 e. The minimum absolute atomic E-state index is 0.188. The Morgan fingerprint density at radius 2 is 1.83 bits per heavy atom. The number of aromatic nitrogens is 1. The Labute approximate surface area is 181 Å². The molecule has 30 heavy (non-hydrogen) atoms. The molecular formula is C26H37N3O. The SMILES string of the molecule is CC1(C)CCC(C)(C)c2cc(C3CC(NCCO)CCN3c3ccccn3)ccc21. The Kier molecular flexibility index (Phi) is 5.91. The van der Waals surface area contributed by atoms with E-state index in [0.717, 1.165) is 25.2 Å². The van der Waals surface area contributed by atoms with Crippen LogP contribution in [0.3, 0.4) is 0 Å². The van der Waals surface area contributed by atoms with Crippen LogP contribution in [0.25, 0.3) is 0 Å². The smallest absolute Gasteiger partial charge is 0.128 e. The summed E-state index contributed by atoms with van der Waals surface area (Å²) in [4.78, 5) is 7.14. The van der Waals surface area contributed by atoms with Gasteiger partial charge in [-0.1, -0.05) is 52.0 Å². The van der Waals surface area contributed by atoms with E-state index in [1.807, 2.05) is 12.3 Å². The maximum absolute atomic E-state index is 9.27. The topological polar surface area (TPSA) is 48.4 Å². The molecule has 4 heteroatoms. The van der Waals surface area contributed by atoms with Crippen LogP contribution in [0.1, 0.15) is 76.1 Å². The highest BCUT2D eigenvalue weighted by atomic mass is 16.3. The number of pyridine rings is 1. The van der Waals surface area contributed by atoms with Crippen LogP contribution in [0.2, 0.25) is 0 Å². The third-order valence-electron chi connectivity index (χ3n) is 7.35. The third-order valence-corrected chi connectivity index (χ3v) is 7.35. The summed E-state index contributed by atoms with van der Waals surface area (Å²) in [6.07, 6.45) is 6.45. The molecule has 4 rings (SSSR count). The number of hydrogen-bond acceptors (Lipinski definition) is 4. The molecule has 0 spiro atoms. The summed E-state index contributed by atoms with van der Waals surface area (Å²) < 4.78 is 0. The molecule has 2 aromatic rings. The maximum Gasteiger partial charge on any atom is 0.128 e. The highest BCUT2D eigenvalue weighted by Gasteiger charge is 2.38. The lowest BCUT2D eigenvalue weighted by atomic mass is 9.62. The second kappa shape index (κ2) is 8.32. The van der Waals surface area contributed by atoms with E-state index >= 15 is 0 Å². The number of nitrogens with one attached hydrogen (secondary N) is 1. The fraction of sp³-hybridized carbons (Fsp3) is 0.577. The summed E-state index contributed by atoms with van der Waals surface area (Å²) in [6.45, 7) is 11.4. The molecule has 1 aliphatic carbocycles. The van der Waals surface area contributed by atoms with E-state index in [2.05, 4.69) is 73.2 Å². The molecule has 4 nitrogen and oxygen atoms in total. The second-order valence-corrected chi connectivity index (χ2v) is 10.4. The summed E-state index contributed by atoms with van der Waals surface area (Å²) in [5.41, 5.74) is 4.86. The lowest BCUT2D eigenvalue weighted by molar-refractivity contribution is 0.269. The van der Waals surface area contributed by atoms with Gasteiger partial charge in [0.2, 0.25) is 0 Å². The summed E-state index contributed by atoms with van der Waals surface area (Å²) >= 11 is 0. The number of fused-ring (bicyclic) bond motifs is 1. The predicted octanol–water partition coefficient (Wildman–Crippen LogP) is 4.72. The summed E-state index contributed by atoms with van der Waals surface area (Å²) in [5, 5.41) is 12.8. The predicted molar refractivity (Wildman–Crippen MR) is 124 cm³/mol. The molecule has 1 saturated heterocycles. The molecule has 0 amide bonds. The van der Waals surface area contributed by atoms with Gasteiger partial charge in [-0.25, -0.2) is 4.98 Å². The Balaban J connectivity index is 1.72. The van der Waals surface area contributed by atoms with Crippen molar-refractivity contribution in [1.82, 2.24) is 10.3 Å². The van der Waals surface area contributed by atoms with Crippen LogP contribution < -0.4 is 10.2 Å². The molecule has 0 saturated carbocycles. The zero-order valence-electron chi connectivity index (χ0n) is 19.0. The number of hydrogen-bond donors (Lipinski definition) is 2. The van der Waals surface area contributed by atoms with E-state index in [9.17, 15) is 5.11 Å². The monoisotopic (exact) mass is 407 g/mol. The standard InChI is InChI=1S/C26H37N3O/c1-25(2)11-12-26(3,4)22-17-19(8-9-21(22)25)23-18-20(27-14-16-30)10-15-29(23)24-7-5-6-13-28-24/h5-9,13,17,20,23,27,30H,10-12,14-16,18H2,1-4H3. The number of aliphatic hydroxyl groups excluding tert-OH is 1. The van der Waals surface area contributed by atoms with Crippen LogP contribution in [-0.4, -0.2) is 35.8 Å². The fourth-order valence-corrected chi connectivity index (χ4v) is 5.35. The molecule has 162 valence electrons. The van der Waals surface area contributed by atoms with Gasteiger partial charge in [0, 0.05) is 25.3 Å². The summed E-state index contributed by atoms with van der Waals surface area (Å²) in [5.74, 6) is 1.06. The van der Waals surface area contributed by atoms with Crippen molar-refractivity contribution in [3.05, 3.63) is 59.3 Å². The van der Waals surface area contributed by atoms with Gasteiger partial charge < -0.3 is 15.3 Å². The van der Waals surface area contributed by atoms with Crippen LogP contribution in [0.4, 0.5) is 5.82 Å². The van der Waals surface area contributed by atoms with Gasteiger partial charge >= 0.3 is 0 Å². The minimum atomic E-state index is 0.188. The zero-order valence-corrected chi connectivity index (χ0v) is 19.0. The molecule has 2 N–H and O–H groups in total. The summed E-state index contributed by atoms with van der Waals surface area (Å²) in [6, 6.07) is 14.1. The van der Waals surface area contributed by atoms with Crippen molar-refractivity contribution >= 4 is 5.82 Å². The van der Waals surface area contributed by atoms with Gasteiger partial charge in [0.25, 0.3) is 0 Å². The van der Waals surface area contributed by atoms with Crippen molar-refractivity contribution in [2.75, 3.05) is 24.6 Å². The van der Waals surface area contributed by atoms with E-state index in [1.54, 1.807) is 0 Å². The van der Waals surface area contributed by atoms with E-state index in [4.69, 9.17) is 0 Å². The van der Waals surface area contributed by atoms with Crippen LogP contribution in [-0.2, 0) is 10.8 Å². The number of piperidine rings is 1. The van der Waals surface area contributed by atoms with E-state index in [1.165, 1.54) is 29.5 Å². The van der Waals surface area contributed by atoms with E-state index < -0.39 is 0 Å². The quantitative estimate of drug-likeness (QED) is 0.753. The van der Waals surface area contributed by atoms with Gasteiger partial charge in [0.05, 0.1) is 12.6 Å². The van der Waals surface area contributed by atoms with Gasteiger partial charge in [-0.05, 0) is 65.3 Å². The number of nitrogens with zero attached hydrogens (tertiary/aromatic N) is 2. The number of rotatable bonds is 5. The molecule has 2 atom stereocenters. The number of benzene rings is 1. The maximum atomic E-state index is 9.27. The van der Waals surface area contributed by atoms with Crippen molar-refractivity contribution < 1.29 is 5.11 Å². The number of anilines is 1. The van der Waals surface area contributed by atoms with Crippen molar-refractivity contribution in [2.45, 2.75) is 76.3 Å². The van der Waals surface area contributed by atoms with Crippen LogP contribution in [0, 0.1) is 0 Å². The number of aliphatic hydroxyl groups is 1. The highest BCUT2D eigenvalue weighted by Crippen LogP contribution is 2.47. The molecule has 0 bridgehead atoms. The second-order valence-electron chi connectivity index (χ2n) is 10.4. The van der Waals surface area contributed by atoms with Crippen LogP contribution in [0.5, 0.6) is 0 Å². The molecule has 1 fully saturated rings. The Morgan fingerprint density at radius 3 is 2.53 bits per heavy atom. The fourth-order valence-electron chi connectivity index (χ4n) is 5.35. The van der Waals surface area contributed by atoms with Crippen molar-refractivity contribution in [1.29, 1.82) is 0 Å². The molecule has 1 aliphatic heterocycles. The summed E-state index contributed by atoms with van der Waals surface area (Å²) in [7, 11) is 0.